The maximum absolute atomic E-state index is 12.3. The Morgan fingerprint density at radius 1 is 1.35 bits per heavy atom. The molecular weight excluding hydrogens is 290 g/mol. The molecule has 0 radical (unpaired) electrons. The number of aryl methyl sites for hydroxylation is 1. The minimum atomic E-state index is 0.00801. The van der Waals surface area contributed by atoms with Crippen LogP contribution in [0, 0.1) is 12.8 Å². The van der Waals surface area contributed by atoms with Crippen LogP contribution in [0.4, 0.5) is 0 Å². The number of hydrogen-bond donors (Lipinski definition) is 0. The Morgan fingerprint density at radius 3 is 2.96 bits per heavy atom. The summed E-state index contributed by atoms with van der Waals surface area (Å²) in [6, 6.07) is 6.27. The molecule has 2 aromatic rings. The summed E-state index contributed by atoms with van der Waals surface area (Å²) in [5.41, 5.74) is 2.69. The summed E-state index contributed by atoms with van der Waals surface area (Å²) < 4.78 is 7.13. The van der Waals surface area contributed by atoms with E-state index in [1.807, 2.05) is 25.3 Å². The first-order chi connectivity index (χ1) is 11.2. The van der Waals surface area contributed by atoms with Crippen LogP contribution in [0.25, 0.3) is 5.65 Å². The Balaban J connectivity index is 1.57. The molecule has 1 atom stereocenters. The van der Waals surface area contributed by atoms with Gasteiger partial charge in [-0.2, -0.15) is 0 Å². The van der Waals surface area contributed by atoms with Gasteiger partial charge in [0.05, 0.1) is 12.3 Å². The standard InChI is InChI=1S/C18H23N3O2/c1-13-2-5-17-19-15(8-18(22)21(17)9-13)11-20(16-3-4-16)10-14-6-7-23-12-14/h2,5,8-9,14,16H,3-4,6-7,10-12H2,1H3. The van der Waals surface area contributed by atoms with Crippen molar-refractivity contribution >= 4 is 5.65 Å². The molecular formula is C18H23N3O2. The molecule has 0 aromatic carbocycles. The fraction of sp³-hybridized carbons (Fsp3) is 0.556. The Morgan fingerprint density at radius 2 is 2.22 bits per heavy atom. The fourth-order valence-corrected chi connectivity index (χ4v) is 3.39. The van der Waals surface area contributed by atoms with Gasteiger partial charge >= 0.3 is 0 Å². The van der Waals surface area contributed by atoms with Gasteiger partial charge in [0.1, 0.15) is 5.65 Å². The fourth-order valence-electron chi connectivity index (χ4n) is 3.39. The average Bonchev–Trinajstić information content (AvgIpc) is 3.25. The van der Waals surface area contributed by atoms with Crippen molar-refractivity contribution in [3.8, 4) is 0 Å². The molecule has 5 nitrogen and oxygen atoms in total. The van der Waals surface area contributed by atoms with Gasteiger partial charge in [-0.1, -0.05) is 6.07 Å². The Kier molecular flexibility index (Phi) is 3.91. The molecule has 4 rings (SSSR count). The number of aromatic nitrogens is 2. The van der Waals surface area contributed by atoms with E-state index in [9.17, 15) is 4.79 Å². The minimum Gasteiger partial charge on any atom is -0.381 e. The van der Waals surface area contributed by atoms with Gasteiger partial charge in [0.25, 0.3) is 5.56 Å². The molecule has 122 valence electrons. The maximum atomic E-state index is 12.3. The lowest BCUT2D eigenvalue weighted by Crippen LogP contribution is -2.32. The third-order valence-electron chi connectivity index (χ3n) is 4.81. The second-order valence-electron chi connectivity index (χ2n) is 6.91. The summed E-state index contributed by atoms with van der Waals surface area (Å²) in [6.07, 6.45) is 5.53. The van der Waals surface area contributed by atoms with E-state index < -0.39 is 0 Å². The average molecular weight is 313 g/mol. The number of nitrogens with zero attached hydrogens (tertiary/aromatic N) is 3. The van der Waals surface area contributed by atoms with Crippen LogP contribution in [0.5, 0.6) is 0 Å². The highest BCUT2D eigenvalue weighted by molar-refractivity contribution is 5.39. The lowest BCUT2D eigenvalue weighted by molar-refractivity contribution is 0.161. The van der Waals surface area contributed by atoms with Gasteiger partial charge in [0.15, 0.2) is 0 Å². The van der Waals surface area contributed by atoms with Crippen molar-refractivity contribution in [2.24, 2.45) is 5.92 Å². The number of rotatable bonds is 5. The molecule has 1 aliphatic heterocycles. The van der Waals surface area contributed by atoms with Crippen LogP contribution in [0.15, 0.2) is 29.2 Å². The van der Waals surface area contributed by atoms with E-state index in [2.05, 4.69) is 4.90 Å². The maximum Gasteiger partial charge on any atom is 0.258 e. The predicted octanol–water partition coefficient (Wildman–Crippen LogP) is 2.00. The molecule has 23 heavy (non-hydrogen) atoms. The lowest BCUT2D eigenvalue weighted by atomic mass is 10.1. The molecule has 0 N–H and O–H groups in total. The van der Waals surface area contributed by atoms with Crippen molar-refractivity contribution in [1.82, 2.24) is 14.3 Å². The van der Waals surface area contributed by atoms with Gasteiger partial charge < -0.3 is 4.74 Å². The third kappa shape index (κ3) is 3.31. The SMILES string of the molecule is Cc1ccc2nc(CN(CC3CCOC3)C3CC3)cc(=O)n2c1. The molecule has 1 aliphatic carbocycles. The predicted molar refractivity (Wildman–Crippen MR) is 88.6 cm³/mol. The molecule has 3 heterocycles. The topological polar surface area (TPSA) is 46.8 Å². The summed E-state index contributed by atoms with van der Waals surface area (Å²) >= 11 is 0. The summed E-state index contributed by atoms with van der Waals surface area (Å²) in [5.74, 6) is 0.625. The van der Waals surface area contributed by atoms with Gasteiger partial charge in [-0.15, -0.1) is 0 Å². The molecule has 1 saturated carbocycles. The highest BCUT2D eigenvalue weighted by Gasteiger charge is 2.31. The van der Waals surface area contributed by atoms with Gasteiger partial charge in [-0.05, 0) is 43.7 Å². The molecule has 0 bridgehead atoms. The van der Waals surface area contributed by atoms with Gasteiger partial charge in [-0.25, -0.2) is 4.98 Å². The van der Waals surface area contributed by atoms with Gasteiger partial charge in [-0.3, -0.25) is 14.1 Å². The molecule has 2 aliphatic rings. The second kappa shape index (κ2) is 6.06. The van der Waals surface area contributed by atoms with Crippen LogP contribution in [0.2, 0.25) is 0 Å². The first-order valence-corrected chi connectivity index (χ1v) is 8.50. The van der Waals surface area contributed by atoms with Gasteiger partial charge in [0.2, 0.25) is 0 Å². The van der Waals surface area contributed by atoms with E-state index in [1.54, 1.807) is 10.5 Å². The third-order valence-corrected chi connectivity index (χ3v) is 4.81. The summed E-state index contributed by atoms with van der Waals surface area (Å²) in [5, 5.41) is 0. The smallest absolute Gasteiger partial charge is 0.258 e. The van der Waals surface area contributed by atoms with Crippen molar-refractivity contribution < 1.29 is 4.74 Å². The van der Waals surface area contributed by atoms with Crippen LogP contribution in [-0.2, 0) is 11.3 Å². The molecule has 0 amide bonds. The molecule has 2 fully saturated rings. The van der Waals surface area contributed by atoms with Crippen molar-refractivity contribution in [3.05, 3.63) is 46.0 Å². The van der Waals surface area contributed by atoms with Crippen molar-refractivity contribution in [2.45, 2.75) is 38.8 Å². The van der Waals surface area contributed by atoms with E-state index in [-0.39, 0.29) is 5.56 Å². The normalized spacial score (nSPS) is 21.4. The van der Waals surface area contributed by atoms with Crippen LogP contribution in [0.1, 0.15) is 30.5 Å². The first kappa shape index (κ1) is 14.8. The molecule has 1 saturated heterocycles. The Hall–Kier alpha value is -1.72. The minimum absolute atomic E-state index is 0.00801. The number of fused-ring (bicyclic) bond motifs is 1. The van der Waals surface area contributed by atoms with E-state index in [0.717, 1.165) is 49.6 Å². The zero-order valence-electron chi connectivity index (χ0n) is 13.6. The highest BCUT2D eigenvalue weighted by Crippen LogP contribution is 2.30. The quantitative estimate of drug-likeness (QED) is 0.847. The van der Waals surface area contributed by atoms with E-state index >= 15 is 0 Å². The lowest BCUT2D eigenvalue weighted by Gasteiger charge is -2.24. The van der Waals surface area contributed by atoms with Crippen LogP contribution < -0.4 is 5.56 Å². The Bertz CT molecular complexity index is 760. The Labute approximate surface area is 135 Å². The summed E-state index contributed by atoms with van der Waals surface area (Å²) in [4.78, 5) is 19.5. The van der Waals surface area contributed by atoms with Gasteiger partial charge in [0, 0.05) is 38.0 Å². The highest BCUT2D eigenvalue weighted by atomic mass is 16.5. The largest absolute Gasteiger partial charge is 0.381 e. The van der Waals surface area contributed by atoms with Crippen molar-refractivity contribution in [1.29, 1.82) is 0 Å². The molecule has 5 heteroatoms. The van der Waals surface area contributed by atoms with Crippen molar-refractivity contribution in [2.75, 3.05) is 19.8 Å². The summed E-state index contributed by atoms with van der Waals surface area (Å²) in [6.45, 7) is 5.56. The second-order valence-corrected chi connectivity index (χ2v) is 6.91. The molecule has 0 spiro atoms. The summed E-state index contributed by atoms with van der Waals surface area (Å²) in [7, 11) is 0. The number of hydrogen-bond acceptors (Lipinski definition) is 4. The molecule has 2 aromatic heterocycles. The van der Waals surface area contributed by atoms with Crippen molar-refractivity contribution in [3.63, 3.8) is 0 Å². The number of pyridine rings is 1. The van der Waals surface area contributed by atoms with Crippen LogP contribution in [-0.4, -0.2) is 40.1 Å². The molecule has 1 unspecified atom stereocenters. The first-order valence-electron chi connectivity index (χ1n) is 8.50. The van der Waals surface area contributed by atoms with E-state index in [1.165, 1.54) is 12.8 Å². The van der Waals surface area contributed by atoms with E-state index in [0.29, 0.717) is 12.0 Å². The van der Waals surface area contributed by atoms with Crippen LogP contribution >= 0.6 is 0 Å². The van der Waals surface area contributed by atoms with Crippen LogP contribution in [0.3, 0.4) is 0 Å². The van der Waals surface area contributed by atoms with E-state index in [4.69, 9.17) is 9.72 Å². The zero-order valence-corrected chi connectivity index (χ0v) is 13.6. The number of ether oxygens (including phenoxy) is 1. The zero-order chi connectivity index (χ0) is 15.8. The monoisotopic (exact) mass is 313 g/mol.